The Morgan fingerprint density at radius 1 is 1.21 bits per heavy atom. The molecule has 3 aliphatic rings. The van der Waals surface area contributed by atoms with Crippen LogP contribution in [-0.2, 0) is 4.79 Å². The molecule has 4 heteroatoms. The molecule has 1 saturated carbocycles. The van der Waals surface area contributed by atoms with E-state index in [4.69, 9.17) is 9.47 Å². The quantitative estimate of drug-likeness (QED) is 0.836. The van der Waals surface area contributed by atoms with E-state index in [0.717, 1.165) is 37.3 Å². The van der Waals surface area contributed by atoms with Crippen LogP contribution in [0, 0.1) is 5.92 Å². The first kappa shape index (κ1) is 11.3. The first-order valence-electron chi connectivity index (χ1n) is 6.98. The minimum atomic E-state index is 0.147. The Morgan fingerprint density at radius 2 is 2.11 bits per heavy atom. The summed E-state index contributed by atoms with van der Waals surface area (Å²) >= 11 is 0. The number of fused-ring (bicyclic) bond motifs is 2. The van der Waals surface area contributed by atoms with E-state index >= 15 is 0 Å². The molecule has 0 unspecified atom stereocenters. The largest absolute Gasteiger partial charge is 0.454 e. The number of Topliss-reactive ketones (excluding diaryl/α,β-unsaturated/α-hetero) is 1. The van der Waals surface area contributed by atoms with E-state index < -0.39 is 0 Å². The lowest BCUT2D eigenvalue weighted by Gasteiger charge is -2.27. The average molecular weight is 259 g/mol. The smallest absolute Gasteiger partial charge is 0.231 e. The number of hydrogen-bond donors (Lipinski definition) is 1. The number of ether oxygens (including phenoxy) is 2. The van der Waals surface area contributed by atoms with Gasteiger partial charge in [0.05, 0.1) is 0 Å². The third-order valence-electron chi connectivity index (χ3n) is 4.60. The summed E-state index contributed by atoms with van der Waals surface area (Å²) in [6.45, 7) is 1.19. The molecule has 1 saturated heterocycles. The Bertz CT molecular complexity index is 528. The summed E-state index contributed by atoms with van der Waals surface area (Å²) in [5.41, 5.74) is 1.19. The molecule has 4 nitrogen and oxygen atoms in total. The van der Waals surface area contributed by atoms with E-state index in [0.29, 0.717) is 18.6 Å². The molecule has 0 radical (unpaired) electrons. The summed E-state index contributed by atoms with van der Waals surface area (Å²) in [5.74, 6) is 2.47. The van der Waals surface area contributed by atoms with Crippen LogP contribution in [0.15, 0.2) is 18.2 Å². The molecule has 0 aromatic heterocycles. The Hall–Kier alpha value is -1.55. The number of carbonyl (C=O) groups is 1. The molecule has 0 spiro atoms. The van der Waals surface area contributed by atoms with Crippen LogP contribution in [0.2, 0.25) is 0 Å². The molecule has 0 amide bonds. The van der Waals surface area contributed by atoms with E-state index in [1.54, 1.807) is 0 Å². The highest BCUT2D eigenvalue weighted by molar-refractivity contribution is 5.84. The van der Waals surface area contributed by atoms with Crippen LogP contribution in [0.5, 0.6) is 11.5 Å². The van der Waals surface area contributed by atoms with E-state index in [2.05, 4.69) is 11.4 Å². The first-order chi connectivity index (χ1) is 9.33. The van der Waals surface area contributed by atoms with Crippen LogP contribution >= 0.6 is 0 Å². The van der Waals surface area contributed by atoms with Crippen LogP contribution in [0.3, 0.4) is 0 Å². The SMILES string of the molecule is O=C1CCC[C@@H]2NC[C@@H](c3ccc4c(c3)OCO4)[C@H]12. The van der Waals surface area contributed by atoms with Gasteiger partial charge in [-0.15, -0.1) is 0 Å². The van der Waals surface area contributed by atoms with Crippen molar-refractivity contribution in [2.24, 2.45) is 5.92 Å². The predicted octanol–water partition coefficient (Wildman–Crippen LogP) is 1.84. The molecule has 1 N–H and O–H groups in total. The zero-order valence-electron chi connectivity index (χ0n) is 10.7. The van der Waals surface area contributed by atoms with Crippen LogP contribution < -0.4 is 14.8 Å². The molecule has 1 aliphatic carbocycles. The predicted molar refractivity (Wildman–Crippen MR) is 69.4 cm³/mol. The topological polar surface area (TPSA) is 47.6 Å². The highest BCUT2D eigenvalue weighted by Crippen LogP contribution is 2.41. The molecule has 19 heavy (non-hydrogen) atoms. The van der Waals surface area contributed by atoms with Gasteiger partial charge < -0.3 is 14.8 Å². The first-order valence-corrected chi connectivity index (χ1v) is 6.98. The van der Waals surface area contributed by atoms with Gasteiger partial charge in [0.2, 0.25) is 6.79 Å². The molecular formula is C15H17NO3. The van der Waals surface area contributed by atoms with Crippen molar-refractivity contribution in [1.82, 2.24) is 5.32 Å². The zero-order valence-corrected chi connectivity index (χ0v) is 10.7. The fourth-order valence-corrected chi connectivity index (χ4v) is 3.67. The van der Waals surface area contributed by atoms with Crippen molar-refractivity contribution < 1.29 is 14.3 Å². The number of benzene rings is 1. The van der Waals surface area contributed by atoms with Gasteiger partial charge in [0, 0.05) is 30.8 Å². The zero-order chi connectivity index (χ0) is 12.8. The number of hydrogen-bond acceptors (Lipinski definition) is 4. The second-order valence-corrected chi connectivity index (χ2v) is 5.62. The Morgan fingerprint density at radius 3 is 3.05 bits per heavy atom. The van der Waals surface area contributed by atoms with Crippen molar-refractivity contribution in [2.75, 3.05) is 13.3 Å². The van der Waals surface area contributed by atoms with Gasteiger partial charge in [0.15, 0.2) is 11.5 Å². The highest BCUT2D eigenvalue weighted by Gasteiger charge is 2.43. The van der Waals surface area contributed by atoms with E-state index in [1.165, 1.54) is 5.56 Å². The van der Waals surface area contributed by atoms with Crippen LogP contribution in [0.1, 0.15) is 30.7 Å². The van der Waals surface area contributed by atoms with Crippen molar-refractivity contribution in [2.45, 2.75) is 31.2 Å². The maximum Gasteiger partial charge on any atom is 0.231 e. The molecule has 100 valence electrons. The van der Waals surface area contributed by atoms with E-state index in [1.807, 2.05) is 12.1 Å². The maximum atomic E-state index is 12.2. The lowest BCUT2D eigenvalue weighted by Crippen LogP contribution is -2.36. The van der Waals surface area contributed by atoms with Crippen LogP contribution in [-0.4, -0.2) is 25.2 Å². The Balaban J connectivity index is 1.67. The van der Waals surface area contributed by atoms with Crippen LogP contribution in [0.25, 0.3) is 0 Å². The monoisotopic (exact) mass is 259 g/mol. The molecule has 1 aromatic carbocycles. The van der Waals surface area contributed by atoms with Gasteiger partial charge in [-0.25, -0.2) is 0 Å². The van der Waals surface area contributed by atoms with Gasteiger partial charge in [-0.1, -0.05) is 6.07 Å². The lowest BCUT2D eigenvalue weighted by molar-refractivity contribution is -0.125. The van der Waals surface area contributed by atoms with Gasteiger partial charge >= 0.3 is 0 Å². The van der Waals surface area contributed by atoms with E-state index in [-0.39, 0.29) is 11.8 Å². The fraction of sp³-hybridized carbons (Fsp3) is 0.533. The molecule has 0 bridgehead atoms. The normalized spacial score (nSPS) is 32.4. The Labute approximate surface area is 112 Å². The maximum absolute atomic E-state index is 12.2. The summed E-state index contributed by atoms with van der Waals surface area (Å²) in [6, 6.07) is 6.44. The molecular weight excluding hydrogens is 242 g/mol. The third-order valence-corrected chi connectivity index (χ3v) is 4.60. The number of nitrogens with one attached hydrogen (secondary N) is 1. The molecule has 3 atom stereocenters. The second kappa shape index (κ2) is 4.23. The van der Waals surface area contributed by atoms with Crippen molar-refractivity contribution in [3.8, 4) is 11.5 Å². The van der Waals surface area contributed by atoms with E-state index in [9.17, 15) is 4.79 Å². The highest BCUT2D eigenvalue weighted by atomic mass is 16.7. The van der Waals surface area contributed by atoms with Crippen LogP contribution in [0.4, 0.5) is 0 Å². The molecule has 2 aliphatic heterocycles. The number of carbonyl (C=O) groups excluding carboxylic acids is 1. The lowest BCUT2D eigenvalue weighted by atomic mass is 9.76. The third kappa shape index (κ3) is 1.74. The van der Waals surface area contributed by atoms with Gasteiger partial charge in [0.1, 0.15) is 5.78 Å². The summed E-state index contributed by atoms with van der Waals surface area (Å²) in [7, 11) is 0. The Kier molecular flexibility index (Phi) is 2.52. The van der Waals surface area contributed by atoms with Crippen molar-refractivity contribution in [3.63, 3.8) is 0 Å². The number of rotatable bonds is 1. The standard InChI is InChI=1S/C15H17NO3/c17-12-3-1-2-11-15(12)10(7-16-11)9-4-5-13-14(6-9)19-8-18-13/h4-6,10-11,15-16H,1-3,7-8H2/t10-,11-,15-/m0/s1. The molecule has 2 heterocycles. The second-order valence-electron chi connectivity index (χ2n) is 5.62. The average Bonchev–Trinajstić information content (AvgIpc) is 3.04. The minimum Gasteiger partial charge on any atom is -0.454 e. The molecule has 4 rings (SSSR count). The van der Waals surface area contributed by atoms with Gasteiger partial charge in [-0.3, -0.25) is 4.79 Å². The molecule has 2 fully saturated rings. The fourth-order valence-electron chi connectivity index (χ4n) is 3.67. The van der Waals surface area contributed by atoms with Gasteiger partial charge in [0.25, 0.3) is 0 Å². The summed E-state index contributed by atoms with van der Waals surface area (Å²) in [4.78, 5) is 12.2. The van der Waals surface area contributed by atoms with Crippen molar-refractivity contribution in [1.29, 1.82) is 0 Å². The van der Waals surface area contributed by atoms with Gasteiger partial charge in [-0.2, -0.15) is 0 Å². The number of ketones is 1. The molecule has 1 aromatic rings. The summed E-state index contributed by atoms with van der Waals surface area (Å²) in [6.07, 6.45) is 2.89. The summed E-state index contributed by atoms with van der Waals surface area (Å²) < 4.78 is 10.8. The van der Waals surface area contributed by atoms with Crippen molar-refractivity contribution >= 4 is 5.78 Å². The minimum absolute atomic E-state index is 0.147. The summed E-state index contributed by atoms with van der Waals surface area (Å²) in [5, 5.41) is 3.51. The van der Waals surface area contributed by atoms with Gasteiger partial charge in [-0.05, 0) is 30.5 Å². The van der Waals surface area contributed by atoms with Crippen molar-refractivity contribution in [3.05, 3.63) is 23.8 Å².